The lowest BCUT2D eigenvalue weighted by Crippen LogP contribution is -2.42. The standard InChI is InChI=1S/C24H52NO6P/c1-5-6-7-8-9-10-11-12-13-14-15-16-17-18-21-30-24(26)20-19-23(22-25(2,3)4)31-32(27,28)29/h23-24,26H,5-22H2,1-4H3,(H-,27,28,29)/p+1. The Bertz CT molecular complexity index is 466. The van der Waals surface area contributed by atoms with E-state index < -0.39 is 20.2 Å². The fourth-order valence-corrected chi connectivity index (χ4v) is 4.47. The van der Waals surface area contributed by atoms with Crippen LogP contribution >= 0.6 is 7.82 Å². The first-order chi connectivity index (χ1) is 15.0. The van der Waals surface area contributed by atoms with Gasteiger partial charge >= 0.3 is 7.82 Å². The van der Waals surface area contributed by atoms with Gasteiger partial charge < -0.3 is 24.1 Å². The van der Waals surface area contributed by atoms with Crippen LogP contribution in [0.5, 0.6) is 0 Å². The lowest BCUT2D eigenvalue weighted by Gasteiger charge is -2.29. The first kappa shape index (κ1) is 32.0. The molecule has 0 aliphatic rings. The summed E-state index contributed by atoms with van der Waals surface area (Å²) in [5.41, 5.74) is 0. The van der Waals surface area contributed by atoms with Crippen LogP contribution in [0, 0.1) is 0 Å². The number of aliphatic hydroxyl groups excluding tert-OH is 1. The van der Waals surface area contributed by atoms with E-state index in [2.05, 4.69) is 6.92 Å². The van der Waals surface area contributed by atoms with Gasteiger partial charge in [-0.3, -0.25) is 4.52 Å². The highest BCUT2D eigenvalue weighted by Crippen LogP contribution is 2.38. The Morgan fingerprint density at radius 2 is 1.19 bits per heavy atom. The van der Waals surface area contributed by atoms with Crippen LogP contribution in [0.25, 0.3) is 0 Å². The van der Waals surface area contributed by atoms with Gasteiger partial charge in [0.05, 0.1) is 21.1 Å². The number of hydrogen-bond donors (Lipinski definition) is 3. The summed E-state index contributed by atoms with van der Waals surface area (Å²) in [6.45, 7) is 3.21. The maximum Gasteiger partial charge on any atom is 0.470 e. The number of rotatable bonds is 23. The molecule has 0 saturated carbocycles. The predicted octanol–water partition coefficient (Wildman–Crippen LogP) is 5.77. The number of unbranched alkanes of at least 4 members (excludes halogenated alkanes) is 13. The van der Waals surface area contributed by atoms with Crippen LogP contribution in [0.4, 0.5) is 0 Å². The lowest BCUT2D eigenvalue weighted by atomic mass is 10.0. The van der Waals surface area contributed by atoms with Crippen LogP contribution in [0.2, 0.25) is 0 Å². The summed E-state index contributed by atoms with van der Waals surface area (Å²) in [6, 6.07) is 0. The topological polar surface area (TPSA) is 96.2 Å². The summed E-state index contributed by atoms with van der Waals surface area (Å²) >= 11 is 0. The molecule has 0 amide bonds. The number of ether oxygens (including phenoxy) is 1. The van der Waals surface area contributed by atoms with Gasteiger partial charge in [-0.15, -0.1) is 0 Å². The van der Waals surface area contributed by atoms with Crippen LogP contribution in [0.3, 0.4) is 0 Å². The average Bonchev–Trinajstić information content (AvgIpc) is 2.66. The van der Waals surface area contributed by atoms with Crippen molar-refractivity contribution in [3.63, 3.8) is 0 Å². The van der Waals surface area contributed by atoms with E-state index in [0.29, 0.717) is 30.5 Å². The molecule has 0 radical (unpaired) electrons. The Labute approximate surface area is 197 Å². The minimum Gasteiger partial charge on any atom is -0.368 e. The molecule has 0 aliphatic carbocycles. The van der Waals surface area contributed by atoms with Crippen molar-refractivity contribution < 1.29 is 33.2 Å². The fraction of sp³-hybridized carbons (Fsp3) is 1.00. The molecule has 8 heteroatoms. The molecule has 0 aromatic heterocycles. The minimum absolute atomic E-state index is 0.295. The van der Waals surface area contributed by atoms with Gasteiger partial charge in [-0.1, -0.05) is 90.4 Å². The fourth-order valence-electron chi connectivity index (χ4n) is 3.91. The average molecular weight is 483 g/mol. The molecule has 2 atom stereocenters. The van der Waals surface area contributed by atoms with Crippen molar-refractivity contribution in [2.24, 2.45) is 0 Å². The molecule has 2 unspecified atom stereocenters. The smallest absolute Gasteiger partial charge is 0.368 e. The third-order valence-electron chi connectivity index (χ3n) is 5.58. The molecule has 0 spiro atoms. The molecule has 0 saturated heterocycles. The van der Waals surface area contributed by atoms with Crippen molar-refractivity contribution in [1.82, 2.24) is 0 Å². The third kappa shape index (κ3) is 24.6. The Balaban J connectivity index is 3.62. The van der Waals surface area contributed by atoms with E-state index in [1.54, 1.807) is 0 Å². The van der Waals surface area contributed by atoms with E-state index in [-0.39, 0.29) is 0 Å². The molecule has 7 nitrogen and oxygen atoms in total. The SMILES string of the molecule is CCCCCCCCCCCCCCCCOC(O)CCC(C[N+](C)(C)C)OP(=O)(O)O. The van der Waals surface area contributed by atoms with Crippen LogP contribution < -0.4 is 0 Å². The second-order valence-electron chi connectivity index (χ2n) is 10.2. The van der Waals surface area contributed by atoms with E-state index in [0.717, 1.165) is 12.8 Å². The lowest BCUT2D eigenvalue weighted by molar-refractivity contribution is -0.873. The largest absolute Gasteiger partial charge is 0.470 e. The number of quaternary nitrogens is 1. The molecule has 3 N–H and O–H groups in total. The zero-order valence-corrected chi connectivity index (χ0v) is 22.2. The van der Waals surface area contributed by atoms with Gasteiger partial charge in [-0.25, -0.2) is 4.57 Å². The highest BCUT2D eigenvalue weighted by molar-refractivity contribution is 7.46. The Morgan fingerprint density at radius 3 is 1.59 bits per heavy atom. The summed E-state index contributed by atoms with van der Waals surface area (Å²) in [7, 11) is 1.23. The Hall–Kier alpha value is -0.0100. The summed E-state index contributed by atoms with van der Waals surface area (Å²) < 4.78 is 22.0. The first-order valence-electron chi connectivity index (χ1n) is 12.9. The molecule has 194 valence electrons. The van der Waals surface area contributed by atoms with Gasteiger partial charge in [0.2, 0.25) is 0 Å². The zero-order chi connectivity index (χ0) is 24.3. The number of phosphoric ester groups is 1. The minimum atomic E-state index is -4.55. The van der Waals surface area contributed by atoms with Crippen LogP contribution in [0.15, 0.2) is 0 Å². The van der Waals surface area contributed by atoms with E-state index in [1.165, 1.54) is 77.0 Å². The van der Waals surface area contributed by atoms with Gasteiger partial charge in [0.1, 0.15) is 12.6 Å². The van der Waals surface area contributed by atoms with Crippen molar-refractivity contribution in [3.8, 4) is 0 Å². The highest BCUT2D eigenvalue weighted by atomic mass is 31.2. The predicted molar refractivity (Wildman–Crippen MR) is 131 cm³/mol. The van der Waals surface area contributed by atoms with E-state index in [1.807, 2.05) is 21.1 Å². The molecule has 0 aliphatic heterocycles. The number of hydrogen-bond acceptors (Lipinski definition) is 4. The highest BCUT2D eigenvalue weighted by Gasteiger charge is 2.27. The molecular formula is C24H53NO6P+. The van der Waals surface area contributed by atoms with Crippen LogP contribution in [-0.2, 0) is 13.8 Å². The molecule has 0 fully saturated rings. The zero-order valence-electron chi connectivity index (χ0n) is 21.3. The number of likely N-dealkylation sites (N-methyl/N-ethyl adjacent to an activating group) is 1. The van der Waals surface area contributed by atoms with Gasteiger partial charge in [-0.2, -0.15) is 0 Å². The first-order valence-corrected chi connectivity index (χ1v) is 14.4. The summed E-state index contributed by atoms with van der Waals surface area (Å²) in [5.74, 6) is 0. The molecule has 0 aromatic carbocycles. The number of phosphoric acid groups is 1. The molecular weight excluding hydrogens is 429 g/mol. The van der Waals surface area contributed by atoms with Crippen molar-refractivity contribution in [2.75, 3.05) is 34.3 Å². The molecule has 32 heavy (non-hydrogen) atoms. The number of nitrogens with zero attached hydrogens (tertiary/aromatic N) is 1. The van der Waals surface area contributed by atoms with E-state index >= 15 is 0 Å². The van der Waals surface area contributed by atoms with Crippen LogP contribution in [-0.4, -0.2) is 66.1 Å². The van der Waals surface area contributed by atoms with Gasteiger partial charge in [0.15, 0.2) is 6.29 Å². The summed E-state index contributed by atoms with van der Waals surface area (Å²) in [6.07, 6.45) is 17.3. The second kappa shape index (κ2) is 19.3. The summed E-state index contributed by atoms with van der Waals surface area (Å²) in [5, 5.41) is 10.0. The maximum atomic E-state index is 11.2. The van der Waals surface area contributed by atoms with Crippen molar-refractivity contribution in [1.29, 1.82) is 0 Å². The normalized spacial score (nSPS) is 14.6. The molecule has 0 rings (SSSR count). The summed E-state index contributed by atoms with van der Waals surface area (Å²) in [4.78, 5) is 18.2. The Kier molecular flexibility index (Phi) is 19.3. The van der Waals surface area contributed by atoms with Crippen LogP contribution in [0.1, 0.15) is 110 Å². The van der Waals surface area contributed by atoms with Gasteiger partial charge in [0.25, 0.3) is 0 Å². The van der Waals surface area contributed by atoms with Gasteiger partial charge in [0, 0.05) is 13.0 Å². The van der Waals surface area contributed by atoms with Gasteiger partial charge in [-0.05, 0) is 12.8 Å². The number of aliphatic hydroxyl groups is 1. The third-order valence-corrected chi connectivity index (χ3v) is 6.15. The quantitative estimate of drug-likeness (QED) is 0.0741. The monoisotopic (exact) mass is 482 g/mol. The van der Waals surface area contributed by atoms with Crippen molar-refractivity contribution in [2.45, 2.75) is 122 Å². The van der Waals surface area contributed by atoms with E-state index in [4.69, 9.17) is 19.0 Å². The van der Waals surface area contributed by atoms with E-state index in [9.17, 15) is 9.67 Å². The molecule has 0 bridgehead atoms. The molecule has 0 heterocycles. The Morgan fingerprint density at radius 1 is 0.750 bits per heavy atom. The maximum absolute atomic E-state index is 11.2. The second-order valence-corrected chi connectivity index (χ2v) is 11.4. The molecule has 0 aromatic rings. The van der Waals surface area contributed by atoms with Crippen molar-refractivity contribution in [3.05, 3.63) is 0 Å². The van der Waals surface area contributed by atoms with Crippen molar-refractivity contribution >= 4 is 7.82 Å².